The van der Waals surface area contributed by atoms with Crippen LogP contribution in [-0.2, 0) is 4.79 Å². The maximum Gasteiger partial charge on any atom is 0.222 e. The summed E-state index contributed by atoms with van der Waals surface area (Å²) >= 11 is 0. The first-order chi connectivity index (χ1) is 8.99. The third-order valence-electron chi connectivity index (χ3n) is 3.16. The molecular formula is C15H20N2O2. The lowest BCUT2D eigenvalue weighted by molar-refractivity contribution is -0.122. The van der Waals surface area contributed by atoms with Gasteiger partial charge < -0.3 is 15.5 Å². The molecular weight excluding hydrogens is 240 g/mol. The summed E-state index contributed by atoms with van der Waals surface area (Å²) in [7, 11) is 0. The van der Waals surface area contributed by atoms with Crippen molar-refractivity contribution >= 4 is 16.9 Å². The van der Waals surface area contributed by atoms with E-state index in [0.717, 1.165) is 22.3 Å². The summed E-state index contributed by atoms with van der Waals surface area (Å²) in [6.07, 6.45) is 0.323. The molecule has 2 atom stereocenters. The summed E-state index contributed by atoms with van der Waals surface area (Å²) in [5.74, 6) is 0.751. The van der Waals surface area contributed by atoms with Crippen molar-refractivity contribution < 1.29 is 9.21 Å². The summed E-state index contributed by atoms with van der Waals surface area (Å²) in [6, 6.07) is 7.58. The highest BCUT2D eigenvalue weighted by Crippen LogP contribution is 2.29. The topological polar surface area (TPSA) is 68.3 Å². The molecule has 0 aliphatic rings. The Labute approximate surface area is 113 Å². The number of hydrogen-bond acceptors (Lipinski definition) is 3. The number of furan rings is 1. The summed E-state index contributed by atoms with van der Waals surface area (Å²) in [4.78, 5) is 11.7. The van der Waals surface area contributed by atoms with Crippen molar-refractivity contribution in [2.45, 2.75) is 39.3 Å². The highest BCUT2D eigenvalue weighted by Gasteiger charge is 2.18. The smallest absolute Gasteiger partial charge is 0.222 e. The second-order valence-corrected chi connectivity index (χ2v) is 5.06. The molecule has 4 heteroatoms. The molecule has 3 N–H and O–H groups in total. The Balaban J connectivity index is 2.19. The van der Waals surface area contributed by atoms with Gasteiger partial charge in [0.2, 0.25) is 5.91 Å². The lowest BCUT2D eigenvalue weighted by atomic mass is 10.1. The Morgan fingerprint density at radius 2 is 2.05 bits per heavy atom. The number of hydrogen-bond donors (Lipinski definition) is 2. The minimum Gasteiger partial charge on any atom is -0.459 e. The highest BCUT2D eigenvalue weighted by molar-refractivity contribution is 5.82. The van der Waals surface area contributed by atoms with Crippen molar-refractivity contribution in [3.8, 4) is 0 Å². The SMILES string of the molecule is Cc1c(C(C)NC(=O)CC(C)N)oc2ccccc12. The number of carbonyl (C=O) groups excluding carboxylic acids is 1. The van der Waals surface area contributed by atoms with Gasteiger partial charge in [0.25, 0.3) is 0 Å². The molecule has 1 aromatic heterocycles. The average Bonchev–Trinajstić information content (AvgIpc) is 2.66. The maximum atomic E-state index is 11.7. The second-order valence-electron chi connectivity index (χ2n) is 5.06. The molecule has 0 aliphatic heterocycles. The molecule has 19 heavy (non-hydrogen) atoms. The van der Waals surface area contributed by atoms with Gasteiger partial charge in [-0.25, -0.2) is 0 Å². The van der Waals surface area contributed by atoms with E-state index in [0.29, 0.717) is 6.42 Å². The molecule has 1 aromatic carbocycles. The van der Waals surface area contributed by atoms with Gasteiger partial charge in [-0.15, -0.1) is 0 Å². The summed E-state index contributed by atoms with van der Waals surface area (Å²) in [6.45, 7) is 5.75. The van der Waals surface area contributed by atoms with Crippen LogP contribution in [0.4, 0.5) is 0 Å². The van der Waals surface area contributed by atoms with E-state index in [1.165, 1.54) is 0 Å². The zero-order valence-electron chi connectivity index (χ0n) is 11.6. The van der Waals surface area contributed by atoms with Crippen LogP contribution in [0.3, 0.4) is 0 Å². The van der Waals surface area contributed by atoms with Crippen LogP contribution >= 0.6 is 0 Å². The summed E-state index contributed by atoms with van der Waals surface area (Å²) in [5.41, 5.74) is 7.54. The Kier molecular flexibility index (Phi) is 3.90. The largest absolute Gasteiger partial charge is 0.459 e. The predicted octanol–water partition coefficient (Wildman–Crippen LogP) is 2.66. The van der Waals surface area contributed by atoms with E-state index in [9.17, 15) is 4.79 Å². The van der Waals surface area contributed by atoms with E-state index in [2.05, 4.69) is 5.32 Å². The summed E-state index contributed by atoms with van der Waals surface area (Å²) in [5, 5.41) is 4.01. The third kappa shape index (κ3) is 2.96. The Morgan fingerprint density at radius 3 is 2.68 bits per heavy atom. The van der Waals surface area contributed by atoms with Gasteiger partial charge >= 0.3 is 0 Å². The number of fused-ring (bicyclic) bond motifs is 1. The fraction of sp³-hybridized carbons (Fsp3) is 0.400. The Hall–Kier alpha value is -1.81. The van der Waals surface area contributed by atoms with Crippen molar-refractivity contribution in [3.63, 3.8) is 0 Å². The number of rotatable bonds is 4. The van der Waals surface area contributed by atoms with E-state index in [-0.39, 0.29) is 18.0 Å². The van der Waals surface area contributed by atoms with Crippen molar-refractivity contribution in [1.29, 1.82) is 0 Å². The van der Waals surface area contributed by atoms with Crippen LogP contribution in [0.2, 0.25) is 0 Å². The zero-order chi connectivity index (χ0) is 14.0. The van der Waals surface area contributed by atoms with Crippen molar-refractivity contribution in [2.75, 3.05) is 0 Å². The Morgan fingerprint density at radius 1 is 1.37 bits per heavy atom. The van der Waals surface area contributed by atoms with Crippen LogP contribution in [0.5, 0.6) is 0 Å². The first-order valence-electron chi connectivity index (χ1n) is 6.52. The fourth-order valence-corrected chi connectivity index (χ4v) is 2.26. The first kappa shape index (κ1) is 13.6. The molecule has 0 saturated heterocycles. The van der Waals surface area contributed by atoms with Crippen LogP contribution in [0.1, 0.15) is 37.6 Å². The molecule has 2 rings (SSSR count). The van der Waals surface area contributed by atoms with Gasteiger partial charge in [0.15, 0.2) is 0 Å². The molecule has 0 fully saturated rings. The van der Waals surface area contributed by atoms with E-state index in [4.69, 9.17) is 10.2 Å². The fourth-order valence-electron chi connectivity index (χ4n) is 2.26. The third-order valence-corrected chi connectivity index (χ3v) is 3.16. The van der Waals surface area contributed by atoms with Crippen LogP contribution in [0.25, 0.3) is 11.0 Å². The molecule has 0 saturated carbocycles. The Bertz CT molecular complexity index is 587. The van der Waals surface area contributed by atoms with E-state index >= 15 is 0 Å². The first-order valence-corrected chi connectivity index (χ1v) is 6.52. The molecule has 1 heterocycles. The van der Waals surface area contributed by atoms with Crippen molar-refractivity contribution in [2.24, 2.45) is 5.73 Å². The van der Waals surface area contributed by atoms with Gasteiger partial charge in [-0.3, -0.25) is 4.79 Å². The minimum atomic E-state index is -0.154. The molecule has 102 valence electrons. The molecule has 0 bridgehead atoms. The molecule has 0 spiro atoms. The van der Waals surface area contributed by atoms with Crippen molar-refractivity contribution in [1.82, 2.24) is 5.32 Å². The van der Waals surface area contributed by atoms with E-state index in [1.54, 1.807) is 0 Å². The number of para-hydroxylation sites is 1. The minimum absolute atomic E-state index is 0.0534. The highest BCUT2D eigenvalue weighted by atomic mass is 16.3. The zero-order valence-corrected chi connectivity index (χ0v) is 11.6. The molecule has 1 amide bonds. The predicted molar refractivity (Wildman–Crippen MR) is 75.8 cm³/mol. The number of benzene rings is 1. The monoisotopic (exact) mass is 260 g/mol. The van der Waals surface area contributed by atoms with Gasteiger partial charge in [0.05, 0.1) is 6.04 Å². The molecule has 0 aliphatic carbocycles. The standard InChI is InChI=1S/C15H20N2O2/c1-9(16)8-14(18)17-11(3)15-10(2)12-6-4-5-7-13(12)19-15/h4-7,9,11H,8,16H2,1-3H3,(H,17,18). The molecule has 2 aromatic rings. The number of aryl methyl sites for hydroxylation is 1. The quantitative estimate of drug-likeness (QED) is 0.888. The van der Waals surface area contributed by atoms with Gasteiger partial charge in [0, 0.05) is 23.4 Å². The van der Waals surface area contributed by atoms with Crippen LogP contribution in [0, 0.1) is 6.92 Å². The number of nitrogens with two attached hydrogens (primary N) is 1. The van der Waals surface area contributed by atoms with Gasteiger partial charge in [0.1, 0.15) is 11.3 Å². The maximum absolute atomic E-state index is 11.7. The van der Waals surface area contributed by atoms with Crippen LogP contribution < -0.4 is 11.1 Å². The average molecular weight is 260 g/mol. The van der Waals surface area contributed by atoms with E-state index < -0.39 is 0 Å². The van der Waals surface area contributed by atoms with Gasteiger partial charge in [-0.05, 0) is 26.8 Å². The lowest BCUT2D eigenvalue weighted by Crippen LogP contribution is -2.31. The van der Waals surface area contributed by atoms with E-state index in [1.807, 2.05) is 45.0 Å². The molecule has 4 nitrogen and oxygen atoms in total. The van der Waals surface area contributed by atoms with Crippen LogP contribution in [0.15, 0.2) is 28.7 Å². The van der Waals surface area contributed by atoms with Crippen LogP contribution in [-0.4, -0.2) is 11.9 Å². The van der Waals surface area contributed by atoms with Gasteiger partial charge in [-0.2, -0.15) is 0 Å². The number of nitrogens with one attached hydrogen (secondary N) is 1. The van der Waals surface area contributed by atoms with Crippen molar-refractivity contribution in [3.05, 3.63) is 35.6 Å². The summed E-state index contributed by atoms with van der Waals surface area (Å²) < 4.78 is 5.82. The normalized spacial score (nSPS) is 14.3. The number of carbonyl (C=O) groups is 1. The second kappa shape index (κ2) is 5.45. The molecule has 2 unspecified atom stereocenters. The van der Waals surface area contributed by atoms with Gasteiger partial charge in [-0.1, -0.05) is 18.2 Å². The number of amides is 1. The molecule has 0 radical (unpaired) electrons. The lowest BCUT2D eigenvalue weighted by Gasteiger charge is -2.13.